The van der Waals surface area contributed by atoms with Crippen LogP contribution < -0.4 is 5.73 Å². The Bertz CT molecular complexity index is 532. The SMILES string of the molecule is COC(=O)C(CCCCCc1ccccc1CC(N)CO)C(=O)O. The Hall–Kier alpha value is -1.92. The van der Waals surface area contributed by atoms with Crippen LogP contribution in [0.5, 0.6) is 0 Å². The van der Waals surface area contributed by atoms with Crippen LogP contribution in [0.4, 0.5) is 0 Å². The van der Waals surface area contributed by atoms with Crippen LogP contribution in [-0.2, 0) is 27.2 Å². The van der Waals surface area contributed by atoms with Gasteiger partial charge in [-0.15, -0.1) is 0 Å². The van der Waals surface area contributed by atoms with E-state index in [1.54, 1.807) is 0 Å². The molecule has 0 aliphatic carbocycles. The molecule has 0 bridgehead atoms. The average molecular weight is 337 g/mol. The van der Waals surface area contributed by atoms with Crippen molar-refractivity contribution < 1.29 is 24.5 Å². The zero-order chi connectivity index (χ0) is 17.9. The van der Waals surface area contributed by atoms with Crippen LogP contribution in [0.25, 0.3) is 0 Å². The van der Waals surface area contributed by atoms with Crippen LogP contribution in [0.3, 0.4) is 0 Å². The molecule has 0 heterocycles. The number of hydrogen-bond acceptors (Lipinski definition) is 5. The number of aryl methyl sites for hydroxylation is 1. The molecule has 1 aromatic rings. The molecule has 0 radical (unpaired) electrons. The van der Waals surface area contributed by atoms with E-state index in [4.69, 9.17) is 15.9 Å². The molecule has 0 aromatic heterocycles. The van der Waals surface area contributed by atoms with Gasteiger partial charge in [-0.3, -0.25) is 9.59 Å². The fraction of sp³-hybridized carbons (Fsp3) is 0.556. The summed E-state index contributed by atoms with van der Waals surface area (Å²) in [5, 5.41) is 18.1. The topological polar surface area (TPSA) is 110 Å². The number of rotatable bonds is 11. The van der Waals surface area contributed by atoms with Crippen molar-refractivity contribution in [3.05, 3.63) is 35.4 Å². The van der Waals surface area contributed by atoms with Gasteiger partial charge < -0.3 is 20.7 Å². The van der Waals surface area contributed by atoms with Gasteiger partial charge in [-0.25, -0.2) is 0 Å². The van der Waals surface area contributed by atoms with E-state index in [-0.39, 0.29) is 12.6 Å². The maximum absolute atomic E-state index is 11.4. The van der Waals surface area contributed by atoms with Gasteiger partial charge in [0.2, 0.25) is 0 Å². The number of carbonyl (C=O) groups is 2. The number of esters is 1. The highest BCUT2D eigenvalue weighted by atomic mass is 16.5. The first-order valence-corrected chi connectivity index (χ1v) is 8.23. The van der Waals surface area contributed by atoms with Crippen molar-refractivity contribution in [2.45, 2.75) is 44.6 Å². The van der Waals surface area contributed by atoms with Gasteiger partial charge in [0.15, 0.2) is 5.92 Å². The second-order valence-electron chi connectivity index (χ2n) is 5.93. The number of carbonyl (C=O) groups excluding carboxylic acids is 1. The van der Waals surface area contributed by atoms with Crippen LogP contribution in [0, 0.1) is 5.92 Å². The zero-order valence-electron chi connectivity index (χ0n) is 14.1. The second-order valence-corrected chi connectivity index (χ2v) is 5.93. The Morgan fingerprint density at radius 1 is 1.17 bits per heavy atom. The largest absolute Gasteiger partial charge is 0.481 e. The minimum Gasteiger partial charge on any atom is -0.481 e. The van der Waals surface area contributed by atoms with Crippen molar-refractivity contribution in [3.8, 4) is 0 Å². The lowest BCUT2D eigenvalue weighted by Gasteiger charge is -2.13. The highest BCUT2D eigenvalue weighted by molar-refractivity contribution is 5.93. The monoisotopic (exact) mass is 337 g/mol. The number of benzene rings is 1. The third-order valence-corrected chi connectivity index (χ3v) is 4.06. The number of nitrogens with two attached hydrogens (primary N) is 1. The number of hydrogen-bond donors (Lipinski definition) is 3. The van der Waals surface area contributed by atoms with Gasteiger partial charge in [0.05, 0.1) is 13.7 Å². The molecule has 0 fully saturated rings. The van der Waals surface area contributed by atoms with E-state index in [9.17, 15) is 9.59 Å². The van der Waals surface area contributed by atoms with Crippen molar-refractivity contribution in [1.29, 1.82) is 0 Å². The summed E-state index contributed by atoms with van der Waals surface area (Å²) < 4.78 is 4.51. The number of unbranched alkanes of at least 4 members (excludes halogenated alkanes) is 2. The number of aliphatic hydroxyl groups excluding tert-OH is 1. The standard InChI is InChI=1S/C18H27NO5/c1-24-18(23)16(17(21)22)10-4-2-3-7-13-8-5-6-9-14(13)11-15(19)12-20/h5-6,8-9,15-16,20H,2-4,7,10-12,19H2,1H3,(H,21,22). The number of methoxy groups -OCH3 is 1. The van der Waals surface area contributed by atoms with E-state index in [0.29, 0.717) is 19.3 Å². The van der Waals surface area contributed by atoms with Crippen LogP contribution in [0.2, 0.25) is 0 Å². The molecule has 4 N–H and O–H groups in total. The molecule has 6 heteroatoms. The average Bonchev–Trinajstić information content (AvgIpc) is 2.58. The van der Waals surface area contributed by atoms with Crippen molar-refractivity contribution in [2.75, 3.05) is 13.7 Å². The lowest BCUT2D eigenvalue weighted by atomic mass is 9.95. The van der Waals surface area contributed by atoms with Gasteiger partial charge in [0.1, 0.15) is 0 Å². The Morgan fingerprint density at radius 2 is 1.83 bits per heavy atom. The Labute approximate surface area is 142 Å². The molecule has 2 atom stereocenters. The number of aliphatic carboxylic acids is 1. The summed E-state index contributed by atoms with van der Waals surface area (Å²) in [4.78, 5) is 22.4. The minimum atomic E-state index is -1.13. The maximum atomic E-state index is 11.4. The fourth-order valence-electron chi connectivity index (χ4n) is 2.67. The van der Waals surface area contributed by atoms with Gasteiger partial charge in [-0.05, 0) is 36.8 Å². The van der Waals surface area contributed by atoms with Crippen LogP contribution in [0.15, 0.2) is 24.3 Å². The summed E-state index contributed by atoms with van der Waals surface area (Å²) in [6.07, 6.45) is 4.18. The molecular weight excluding hydrogens is 310 g/mol. The van der Waals surface area contributed by atoms with E-state index < -0.39 is 17.9 Å². The van der Waals surface area contributed by atoms with E-state index in [1.165, 1.54) is 12.7 Å². The molecule has 0 saturated carbocycles. The van der Waals surface area contributed by atoms with Crippen LogP contribution in [-0.4, -0.2) is 41.9 Å². The lowest BCUT2D eigenvalue weighted by molar-refractivity contribution is -0.157. The Balaban J connectivity index is 2.43. The van der Waals surface area contributed by atoms with E-state index in [2.05, 4.69) is 4.74 Å². The van der Waals surface area contributed by atoms with E-state index in [0.717, 1.165) is 24.8 Å². The summed E-state index contributed by atoms with van der Waals surface area (Å²) in [7, 11) is 1.20. The summed E-state index contributed by atoms with van der Waals surface area (Å²) >= 11 is 0. The van der Waals surface area contributed by atoms with Gasteiger partial charge >= 0.3 is 11.9 Å². The van der Waals surface area contributed by atoms with Crippen LogP contribution in [0.1, 0.15) is 36.8 Å². The van der Waals surface area contributed by atoms with Gasteiger partial charge in [0.25, 0.3) is 0 Å². The molecule has 24 heavy (non-hydrogen) atoms. The molecule has 2 unspecified atom stereocenters. The number of carboxylic acids is 1. The molecule has 0 spiro atoms. The van der Waals surface area contributed by atoms with Crippen molar-refractivity contribution in [1.82, 2.24) is 0 Å². The van der Waals surface area contributed by atoms with Crippen LogP contribution >= 0.6 is 0 Å². The minimum absolute atomic E-state index is 0.0432. The third-order valence-electron chi connectivity index (χ3n) is 4.06. The molecule has 0 aliphatic heterocycles. The van der Waals surface area contributed by atoms with Crippen molar-refractivity contribution in [2.24, 2.45) is 11.7 Å². The van der Waals surface area contributed by atoms with E-state index in [1.807, 2.05) is 24.3 Å². The van der Waals surface area contributed by atoms with Gasteiger partial charge in [0, 0.05) is 6.04 Å². The smallest absolute Gasteiger partial charge is 0.320 e. The lowest BCUT2D eigenvalue weighted by Crippen LogP contribution is -2.27. The zero-order valence-corrected chi connectivity index (χ0v) is 14.1. The fourth-order valence-corrected chi connectivity index (χ4v) is 2.67. The van der Waals surface area contributed by atoms with E-state index >= 15 is 0 Å². The van der Waals surface area contributed by atoms with Crippen molar-refractivity contribution in [3.63, 3.8) is 0 Å². The quantitative estimate of drug-likeness (QED) is 0.321. The number of aliphatic hydroxyl groups is 1. The summed E-state index contributed by atoms with van der Waals surface area (Å²) in [5.74, 6) is -2.90. The molecule has 134 valence electrons. The molecule has 0 amide bonds. The molecular formula is C18H27NO5. The molecule has 1 rings (SSSR count). The summed E-state index contributed by atoms with van der Waals surface area (Å²) in [6, 6.07) is 7.73. The van der Waals surface area contributed by atoms with Crippen molar-refractivity contribution >= 4 is 11.9 Å². The second kappa shape index (κ2) is 10.8. The summed E-state index contributed by atoms with van der Waals surface area (Å²) in [6.45, 7) is -0.0432. The molecule has 1 aromatic carbocycles. The van der Waals surface area contributed by atoms with Gasteiger partial charge in [-0.1, -0.05) is 37.1 Å². The molecule has 0 saturated heterocycles. The molecule has 0 aliphatic rings. The predicted molar refractivity (Wildman–Crippen MR) is 90.5 cm³/mol. The first-order chi connectivity index (χ1) is 11.5. The highest BCUT2D eigenvalue weighted by Crippen LogP contribution is 2.17. The molecule has 6 nitrogen and oxygen atoms in total. The van der Waals surface area contributed by atoms with Gasteiger partial charge in [-0.2, -0.15) is 0 Å². The number of ether oxygens (including phenoxy) is 1. The maximum Gasteiger partial charge on any atom is 0.320 e. The number of carboxylic acid groups (broad SMARTS) is 1. The highest BCUT2D eigenvalue weighted by Gasteiger charge is 2.26. The normalized spacial score (nSPS) is 13.3. The first kappa shape index (κ1) is 20.1. The Kier molecular flexibility index (Phi) is 9.04. The third kappa shape index (κ3) is 6.68. The Morgan fingerprint density at radius 3 is 2.42 bits per heavy atom. The predicted octanol–water partition coefficient (Wildman–Crippen LogP) is 1.53. The summed E-state index contributed by atoms with van der Waals surface area (Å²) in [5.41, 5.74) is 8.14. The first-order valence-electron chi connectivity index (χ1n) is 8.23.